The molecule has 1 aliphatic rings. The smallest absolute Gasteiger partial charge is 0.266 e. The number of nitrogens with zero attached hydrogens (tertiary/aromatic N) is 3. The van der Waals surface area contributed by atoms with Crippen LogP contribution in [0.1, 0.15) is 24.0 Å². The molecule has 1 unspecified atom stereocenters. The Balaban J connectivity index is 1.75. The lowest BCUT2D eigenvalue weighted by Crippen LogP contribution is -2.40. The van der Waals surface area contributed by atoms with Gasteiger partial charge < -0.3 is 4.57 Å². The van der Waals surface area contributed by atoms with Crippen LogP contribution in [0.4, 0.5) is 0 Å². The van der Waals surface area contributed by atoms with Gasteiger partial charge in [0.2, 0.25) is 0 Å². The van der Waals surface area contributed by atoms with E-state index in [2.05, 4.69) is 41.8 Å². The molecule has 0 bridgehead atoms. The summed E-state index contributed by atoms with van der Waals surface area (Å²) in [5, 5.41) is 1.74. The summed E-state index contributed by atoms with van der Waals surface area (Å²) in [6.45, 7) is 5.24. The van der Waals surface area contributed by atoms with Gasteiger partial charge in [-0.25, -0.2) is 8.42 Å². The fraction of sp³-hybridized carbons (Fsp3) is 0.429. The molecule has 1 atom stereocenters. The maximum Gasteiger partial charge on any atom is 0.266 e. The van der Waals surface area contributed by atoms with Gasteiger partial charge in [0, 0.05) is 18.8 Å². The zero-order valence-corrected chi connectivity index (χ0v) is 21.0. The number of hydrogen-bond acceptors (Lipinski definition) is 6. The summed E-state index contributed by atoms with van der Waals surface area (Å²) in [6, 6.07) is 6.82. The molecule has 1 aromatic carbocycles. The maximum atomic E-state index is 13.2. The number of sulfonamides is 1. The molecule has 3 aromatic rings. The summed E-state index contributed by atoms with van der Waals surface area (Å²) < 4.78 is 30.9. The highest BCUT2D eigenvalue weighted by Crippen LogP contribution is 2.29. The van der Waals surface area contributed by atoms with E-state index in [-0.39, 0.29) is 10.1 Å². The lowest BCUT2D eigenvalue weighted by molar-refractivity contribution is -0.121. The lowest BCUT2D eigenvalue weighted by atomic mass is 10.1. The summed E-state index contributed by atoms with van der Waals surface area (Å²) in [5.74, 6) is 0.527. The minimum atomic E-state index is -3.68. The first-order valence-corrected chi connectivity index (χ1v) is 14.6. The van der Waals surface area contributed by atoms with E-state index in [1.54, 1.807) is 29.3 Å². The third-order valence-corrected chi connectivity index (χ3v) is 10.5. The Morgan fingerprint density at radius 1 is 1.32 bits per heavy atom. The molecule has 166 valence electrons. The van der Waals surface area contributed by atoms with Gasteiger partial charge in [0.25, 0.3) is 15.9 Å². The number of thiazole rings is 1. The first kappa shape index (κ1) is 22.7. The number of rotatable bonds is 6. The molecule has 0 aliphatic carbocycles. The van der Waals surface area contributed by atoms with Crippen LogP contribution in [0.25, 0.3) is 10.2 Å². The second-order valence-electron chi connectivity index (χ2n) is 7.62. The van der Waals surface area contributed by atoms with Gasteiger partial charge in [-0.15, -0.1) is 11.3 Å². The fourth-order valence-corrected chi connectivity index (χ4v) is 8.21. The van der Waals surface area contributed by atoms with Gasteiger partial charge in [0.15, 0.2) is 4.80 Å². The van der Waals surface area contributed by atoms with E-state index in [4.69, 9.17) is 0 Å². The lowest BCUT2D eigenvalue weighted by Gasteiger charge is -2.20. The molecule has 1 aliphatic heterocycles. The number of aromatic nitrogens is 1. The van der Waals surface area contributed by atoms with Crippen LogP contribution in [0.15, 0.2) is 38.8 Å². The number of carbonyl (C=O) groups excluding carboxylic acids is 1. The Labute approximate surface area is 194 Å². The van der Waals surface area contributed by atoms with E-state index in [9.17, 15) is 13.2 Å². The van der Waals surface area contributed by atoms with E-state index >= 15 is 0 Å². The van der Waals surface area contributed by atoms with Crippen LogP contribution in [0, 0.1) is 13.8 Å². The number of benzene rings is 1. The number of amides is 1. The molecular weight excluding hydrogens is 471 g/mol. The first-order chi connectivity index (χ1) is 14.8. The molecule has 0 saturated carbocycles. The number of carbonyl (C=O) groups is 1. The van der Waals surface area contributed by atoms with E-state index in [0.717, 1.165) is 28.1 Å². The third kappa shape index (κ3) is 4.41. The molecule has 6 nitrogen and oxygen atoms in total. The molecule has 1 amide bonds. The summed E-state index contributed by atoms with van der Waals surface area (Å²) >= 11 is 4.42. The van der Waals surface area contributed by atoms with Crippen molar-refractivity contribution in [3.8, 4) is 0 Å². The van der Waals surface area contributed by atoms with Gasteiger partial charge in [-0.1, -0.05) is 23.5 Å². The number of hydrogen-bond donors (Lipinski definition) is 0. The van der Waals surface area contributed by atoms with Crippen molar-refractivity contribution in [2.24, 2.45) is 4.99 Å². The predicted octanol–water partition coefficient (Wildman–Crippen LogP) is 4.02. The van der Waals surface area contributed by atoms with Gasteiger partial charge in [-0.05, 0) is 61.6 Å². The van der Waals surface area contributed by atoms with Crippen LogP contribution in [0.2, 0.25) is 0 Å². The van der Waals surface area contributed by atoms with Crippen molar-refractivity contribution in [1.29, 1.82) is 0 Å². The number of thiophene rings is 1. The van der Waals surface area contributed by atoms with Crippen molar-refractivity contribution < 1.29 is 13.2 Å². The van der Waals surface area contributed by atoms with E-state index < -0.39 is 16.1 Å². The third-order valence-electron chi connectivity index (χ3n) is 5.39. The molecule has 0 N–H and O–H groups in total. The number of fused-ring (bicyclic) bond motifs is 1. The number of aryl methyl sites for hydroxylation is 3. The summed E-state index contributed by atoms with van der Waals surface area (Å²) in [5.41, 5.74) is 3.41. The molecule has 0 radical (unpaired) electrons. The molecule has 10 heteroatoms. The van der Waals surface area contributed by atoms with Crippen molar-refractivity contribution in [2.45, 2.75) is 43.5 Å². The van der Waals surface area contributed by atoms with E-state index in [0.29, 0.717) is 24.2 Å². The minimum Gasteiger partial charge on any atom is -0.315 e. The van der Waals surface area contributed by atoms with Gasteiger partial charge in [0.05, 0.1) is 10.2 Å². The molecule has 1 fully saturated rings. The van der Waals surface area contributed by atoms with Gasteiger partial charge >= 0.3 is 0 Å². The van der Waals surface area contributed by atoms with Crippen LogP contribution in [-0.4, -0.2) is 47.8 Å². The fourth-order valence-electron chi connectivity index (χ4n) is 3.97. The summed E-state index contributed by atoms with van der Waals surface area (Å²) in [6.07, 6.45) is 3.22. The Bertz CT molecular complexity index is 1270. The van der Waals surface area contributed by atoms with Gasteiger partial charge in [0.1, 0.15) is 10.3 Å². The monoisotopic (exact) mass is 495 g/mol. The molecule has 2 aromatic heterocycles. The van der Waals surface area contributed by atoms with Crippen LogP contribution < -0.4 is 4.80 Å². The molecule has 4 rings (SSSR count). The zero-order valence-electron chi connectivity index (χ0n) is 17.7. The maximum absolute atomic E-state index is 13.2. The molecule has 0 spiro atoms. The average molecular weight is 496 g/mol. The average Bonchev–Trinajstić information content (AvgIpc) is 3.47. The molecular formula is C21H25N3O3S4. The Hall–Kier alpha value is -1.46. The topological polar surface area (TPSA) is 71.7 Å². The van der Waals surface area contributed by atoms with Crippen LogP contribution in [-0.2, 0) is 21.4 Å². The summed E-state index contributed by atoms with van der Waals surface area (Å²) in [7, 11) is -3.68. The standard InChI is InChI=1S/C21H25N3O3S4/c1-14-12-15(2)19-17(13-14)23(9-11-28-3)21(30-19)22-20(25)16-6-4-8-24(16)31(26,27)18-7-5-10-29-18/h5,7,10,12-13,16H,4,6,8-9,11H2,1-3H3. The van der Waals surface area contributed by atoms with Gasteiger partial charge in [-0.3, -0.25) is 4.79 Å². The van der Waals surface area contributed by atoms with Crippen LogP contribution >= 0.6 is 34.4 Å². The normalized spacial score (nSPS) is 18.3. The highest BCUT2D eigenvalue weighted by Gasteiger charge is 2.40. The molecule has 3 heterocycles. The zero-order chi connectivity index (χ0) is 22.2. The highest BCUT2D eigenvalue weighted by atomic mass is 32.2. The second-order valence-corrected chi connectivity index (χ2v) is 12.6. The Morgan fingerprint density at radius 3 is 2.84 bits per heavy atom. The van der Waals surface area contributed by atoms with Crippen LogP contribution in [0.5, 0.6) is 0 Å². The van der Waals surface area contributed by atoms with E-state index in [1.807, 2.05) is 0 Å². The second kappa shape index (κ2) is 9.19. The van der Waals surface area contributed by atoms with Crippen molar-refractivity contribution in [3.63, 3.8) is 0 Å². The SMILES string of the molecule is CSCCn1c(=NC(=O)C2CCCN2S(=O)(=O)c2cccs2)sc2c(C)cc(C)cc21. The van der Waals surface area contributed by atoms with Crippen molar-refractivity contribution in [3.05, 3.63) is 45.6 Å². The van der Waals surface area contributed by atoms with Gasteiger partial charge in [-0.2, -0.15) is 21.1 Å². The quantitative estimate of drug-likeness (QED) is 0.518. The van der Waals surface area contributed by atoms with E-state index in [1.165, 1.54) is 32.5 Å². The predicted molar refractivity (Wildman–Crippen MR) is 129 cm³/mol. The largest absolute Gasteiger partial charge is 0.315 e. The summed E-state index contributed by atoms with van der Waals surface area (Å²) in [4.78, 5) is 18.3. The minimum absolute atomic E-state index is 0.273. The van der Waals surface area contributed by atoms with Crippen LogP contribution in [0.3, 0.4) is 0 Å². The first-order valence-electron chi connectivity index (χ1n) is 10.1. The molecule has 31 heavy (non-hydrogen) atoms. The molecule has 1 saturated heterocycles. The Morgan fingerprint density at radius 2 is 2.13 bits per heavy atom. The van der Waals surface area contributed by atoms with Crippen molar-refractivity contribution in [1.82, 2.24) is 8.87 Å². The highest BCUT2D eigenvalue weighted by molar-refractivity contribution is 7.98. The Kier molecular flexibility index (Phi) is 6.73. The van der Waals surface area contributed by atoms with Crippen molar-refractivity contribution in [2.75, 3.05) is 18.6 Å². The van der Waals surface area contributed by atoms with Crippen molar-refractivity contribution >= 4 is 60.6 Å². The number of thioether (sulfide) groups is 1.